The second-order valence-electron chi connectivity index (χ2n) is 7.38. The fourth-order valence-electron chi connectivity index (χ4n) is 4.12. The maximum atomic E-state index is 12.3. The minimum atomic E-state index is 0.106. The molecular weight excluding hydrogens is 340 g/mol. The van der Waals surface area contributed by atoms with E-state index in [2.05, 4.69) is 40.5 Å². The van der Waals surface area contributed by atoms with Crippen molar-refractivity contribution < 1.29 is 9.53 Å². The van der Waals surface area contributed by atoms with Crippen molar-refractivity contribution in [2.45, 2.75) is 26.8 Å². The number of Topliss-reactive ketones (excluding diaryl/α,β-unsaturated/α-hetero) is 1. The van der Waals surface area contributed by atoms with E-state index in [-0.39, 0.29) is 11.8 Å². The highest BCUT2D eigenvalue weighted by atomic mass is 16.5. The highest BCUT2D eigenvalue weighted by Gasteiger charge is 2.24. The van der Waals surface area contributed by atoms with Crippen molar-refractivity contribution in [3.8, 4) is 11.1 Å². The van der Waals surface area contributed by atoms with Gasteiger partial charge in [-0.05, 0) is 38.5 Å². The molecule has 0 amide bonds. The zero-order valence-corrected chi connectivity index (χ0v) is 16.4. The Bertz CT molecular complexity index is 995. The van der Waals surface area contributed by atoms with Crippen LogP contribution in [0.4, 0.5) is 0 Å². The average Bonchev–Trinajstić information content (AvgIpc) is 3.27. The third-order valence-corrected chi connectivity index (χ3v) is 5.60. The summed E-state index contributed by atoms with van der Waals surface area (Å²) in [6.07, 6.45) is 6.05. The molecule has 142 valence electrons. The van der Waals surface area contributed by atoms with Crippen molar-refractivity contribution in [1.29, 1.82) is 0 Å². The topological polar surface area (TPSA) is 51.8 Å². The lowest BCUT2D eigenvalue weighted by molar-refractivity contribution is 0.0187. The molecule has 1 unspecified atom stereocenters. The van der Waals surface area contributed by atoms with Gasteiger partial charge < -0.3 is 9.14 Å². The van der Waals surface area contributed by atoms with Gasteiger partial charge in [-0.15, -0.1) is 0 Å². The van der Waals surface area contributed by atoms with E-state index in [9.17, 15) is 4.79 Å². The smallest absolute Gasteiger partial charge is 0.160 e. The van der Waals surface area contributed by atoms with E-state index in [0.717, 1.165) is 54.1 Å². The maximum Gasteiger partial charge on any atom is 0.160 e. The van der Waals surface area contributed by atoms with Crippen molar-refractivity contribution >= 4 is 11.3 Å². The van der Waals surface area contributed by atoms with Gasteiger partial charge in [0.15, 0.2) is 5.78 Å². The molecule has 0 aliphatic carbocycles. The first-order valence-corrected chi connectivity index (χ1v) is 9.43. The monoisotopic (exact) mass is 366 g/mol. The van der Waals surface area contributed by atoms with Crippen LogP contribution in [0, 0.1) is 6.92 Å². The van der Waals surface area contributed by atoms with Gasteiger partial charge in [0.05, 0.1) is 19.4 Å². The van der Waals surface area contributed by atoms with Gasteiger partial charge in [0.25, 0.3) is 0 Å². The Hall–Kier alpha value is -2.44. The van der Waals surface area contributed by atoms with Gasteiger partial charge in [-0.1, -0.05) is 0 Å². The lowest BCUT2D eigenvalue weighted by atomic mass is 9.99. The number of hydrogen-bond donors (Lipinski definition) is 0. The van der Waals surface area contributed by atoms with Crippen LogP contribution in [0.1, 0.15) is 41.5 Å². The van der Waals surface area contributed by atoms with Crippen molar-refractivity contribution in [3.05, 3.63) is 47.5 Å². The zero-order chi connectivity index (χ0) is 19.1. The Morgan fingerprint density at radius 1 is 1.19 bits per heavy atom. The van der Waals surface area contributed by atoms with Gasteiger partial charge in [-0.25, -0.2) is 0 Å². The first-order valence-electron chi connectivity index (χ1n) is 9.43. The molecule has 3 aromatic heterocycles. The number of rotatable bonds is 4. The summed E-state index contributed by atoms with van der Waals surface area (Å²) in [5.74, 6) is 0.106. The van der Waals surface area contributed by atoms with Gasteiger partial charge in [0.2, 0.25) is 0 Å². The maximum absolute atomic E-state index is 12.3. The summed E-state index contributed by atoms with van der Waals surface area (Å²) in [6, 6.07) is 4.34. The largest absolute Gasteiger partial charge is 0.379 e. The Kier molecular flexibility index (Phi) is 4.61. The number of carbonyl (C=O) groups is 1. The molecule has 4 heterocycles. The molecule has 1 fully saturated rings. The number of ketones is 1. The number of aromatic nitrogens is 3. The Balaban J connectivity index is 1.89. The van der Waals surface area contributed by atoms with Crippen LogP contribution in [0.15, 0.2) is 30.7 Å². The first-order chi connectivity index (χ1) is 13.0. The molecule has 1 aliphatic heterocycles. The molecule has 3 aromatic rings. The standard InChI is InChI=1S/C21H26N4O2/c1-14-20(16(3)26)10-19-9-17(18-11-22-23(4)12-18)13-25(19)21(14)15(2)24-5-7-27-8-6-24/h9-13,15H,5-8H2,1-4H3. The fourth-order valence-corrected chi connectivity index (χ4v) is 4.12. The molecule has 0 radical (unpaired) electrons. The van der Waals surface area contributed by atoms with Crippen molar-refractivity contribution in [2.24, 2.45) is 7.05 Å². The molecule has 0 saturated carbocycles. The quantitative estimate of drug-likeness (QED) is 0.665. The molecule has 1 atom stereocenters. The Morgan fingerprint density at radius 2 is 1.93 bits per heavy atom. The van der Waals surface area contributed by atoms with E-state index >= 15 is 0 Å². The summed E-state index contributed by atoms with van der Waals surface area (Å²) < 4.78 is 9.56. The van der Waals surface area contributed by atoms with E-state index in [0.29, 0.717) is 0 Å². The molecule has 6 nitrogen and oxygen atoms in total. The highest BCUT2D eigenvalue weighted by molar-refractivity contribution is 5.97. The van der Waals surface area contributed by atoms with Crippen LogP contribution in [0.2, 0.25) is 0 Å². The third-order valence-electron chi connectivity index (χ3n) is 5.60. The second kappa shape index (κ2) is 6.94. The molecule has 27 heavy (non-hydrogen) atoms. The average molecular weight is 366 g/mol. The normalized spacial score (nSPS) is 16.7. The number of fused-ring (bicyclic) bond motifs is 1. The fraction of sp³-hybridized carbons (Fsp3) is 0.429. The molecule has 1 aliphatic rings. The van der Waals surface area contributed by atoms with Crippen molar-refractivity contribution in [3.63, 3.8) is 0 Å². The summed E-state index contributed by atoms with van der Waals surface area (Å²) >= 11 is 0. The van der Waals surface area contributed by atoms with Crippen LogP contribution in [0.3, 0.4) is 0 Å². The molecule has 6 heteroatoms. The van der Waals surface area contributed by atoms with Crippen LogP contribution in [0.25, 0.3) is 16.6 Å². The number of morpholine rings is 1. The van der Waals surface area contributed by atoms with Crippen LogP contribution < -0.4 is 0 Å². The predicted octanol–water partition coefficient (Wildman–Crippen LogP) is 3.24. The van der Waals surface area contributed by atoms with E-state index in [1.807, 2.05) is 25.5 Å². The van der Waals surface area contributed by atoms with E-state index in [4.69, 9.17) is 4.74 Å². The summed E-state index contributed by atoms with van der Waals surface area (Å²) in [5.41, 5.74) is 6.26. The van der Waals surface area contributed by atoms with E-state index in [1.165, 1.54) is 5.69 Å². The second-order valence-corrected chi connectivity index (χ2v) is 7.38. The summed E-state index contributed by atoms with van der Waals surface area (Å²) in [5, 5.41) is 4.29. The number of carbonyl (C=O) groups excluding carboxylic acids is 1. The van der Waals surface area contributed by atoms with Crippen LogP contribution in [-0.2, 0) is 11.8 Å². The van der Waals surface area contributed by atoms with Crippen molar-refractivity contribution in [1.82, 2.24) is 19.1 Å². The van der Waals surface area contributed by atoms with Crippen LogP contribution in [0.5, 0.6) is 0 Å². The minimum Gasteiger partial charge on any atom is -0.379 e. The van der Waals surface area contributed by atoms with Crippen LogP contribution >= 0.6 is 0 Å². The molecule has 0 aromatic carbocycles. The lowest BCUT2D eigenvalue weighted by Gasteiger charge is -2.34. The highest BCUT2D eigenvalue weighted by Crippen LogP contribution is 2.32. The molecule has 0 bridgehead atoms. The number of aryl methyl sites for hydroxylation is 1. The Morgan fingerprint density at radius 3 is 2.56 bits per heavy atom. The van der Waals surface area contributed by atoms with Gasteiger partial charge in [-0.2, -0.15) is 5.10 Å². The number of hydrogen-bond acceptors (Lipinski definition) is 4. The molecular formula is C21H26N4O2. The molecule has 4 rings (SSSR count). The lowest BCUT2D eigenvalue weighted by Crippen LogP contribution is -2.39. The first kappa shape index (κ1) is 17.9. The molecule has 0 spiro atoms. The van der Waals surface area contributed by atoms with Crippen LogP contribution in [-0.4, -0.2) is 51.2 Å². The molecule has 0 N–H and O–H groups in total. The van der Waals surface area contributed by atoms with E-state index in [1.54, 1.807) is 11.6 Å². The minimum absolute atomic E-state index is 0.106. The number of nitrogens with zero attached hydrogens (tertiary/aromatic N) is 4. The van der Waals surface area contributed by atoms with Gasteiger partial charge in [-0.3, -0.25) is 14.4 Å². The van der Waals surface area contributed by atoms with Gasteiger partial charge in [0.1, 0.15) is 0 Å². The van der Waals surface area contributed by atoms with Crippen molar-refractivity contribution in [2.75, 3.05) is 26.3 Å². The third kappa shape index (κ3) is 3.19. The SMILES string of the molecule is CC(=O)c1cc2cc(-c3cnn(C)c3)cn2c(C(C)N2CCOCC2)c1C. The Labute approximate surface area is 159 Å². The number of ether oxygens (including phenoxy) is 1. The van der Waals surface area contributed by atoms with E-state index < -0.39 is 0 Å². The summed E-state index contributed by atoms with van der Waals surface area (Å²) in [7, 11) is 1.92. The predicted molar refractivity (Wildman–Crippen MR) is 105 cm³/mol. The van der Waals surface area contributed by atoms with Gasteiger partial charge >= 0.3 is 0 Å². The number of pyridine rings is 1. The summed E-state index contributed by atoms with van der Waals surface area (Å²) in [6.45, 7) is 9.25. The summed E-state index contributed by atoms with van der Waals surface area (Å²) in [4.78, 5) is 14.7. The van der Waals surface area contributed by atoms with Gasteiger partial charge in [0, 0.05) is 66.5 Å². The molecule has 1 saturated heterocycles. The zero-order valence-electron chi connectivity index (χ0n) is 16.4.